The minimum Gasteiger partial charge on any atom is -0.388 e. The highest BCUT2D eigenvalue weighted by Gasteiger charge is 2.16. The number of hydrogen-bond acceptors (Lipinski definition) is 2. The zero-order valence-corrected chi connectivity index (χ0v) is 10.1. The first-order valence-electron chi connectivity index (χ1n) is 5.12. The van der Waals surface area contributed by atoms with Crippen molar-refractivity contribution in [2.24, 2.45) is 0 Å². The highest BCUT2D eigenvalue weighted by Crippen LogP contribution is 2.26. The summed E-state index contributed by atoms with van der Waals surface area (Å²) in [4.78, 5) is 11.6. The molecule has 1 rings (SSSR count). The number of aliphatic hydroxyl groups is 1. The van der Waals surface area contributed by atoms with Crippen molar-refractivity contribution in [3.63, 3.8) is 0 Å². The first-order chi connectivity index (χ1) is 6.91. The van der Waals surface area contributed by atoms with Crippen LogP contribution in [-0.2, 0) is 0 Å². The number of aliphatic hydroxyl groups excluding tert-OH is 1. The molecule has 2 nitrogen and oxygen atoms in total. The second-order valence-corrected chi connectivity index (χ2v) is 4.08. The Balaban J connectivity index is 3.60. The smallest absolute Gasteiger partial charge is 0.188 e. The molecule has 0 unspecified atom stereocenters. The fraction of sp³-hybridized carbons (Fsp3) is 0.462. The van der Waals surface area contributed by atoms with E-state index in [4.69, 9.17) is 5.11 Å². The van der Waals surface area contributed by atoms with E-state index in [2.05, 4.69) is 6.92 Å². The van der Waals surface area contributed by atoms with Gasteiger partial charge in [-0.15, -0.1) is 0 Å². The minimum absolute atomic E-state index is 0.184. The highest BCUT2D eigenvalue weighted by molar-refractivity contribution is 6.00. The van der Waals surface area contributed by atoms with Gasteiger partial charge < -0.3 is 5.11 Å². The molecule has 0 aromatic heterocycles. The number of Topliss-reactive ketones (excluding diaryl/α,β-unsaturated/α-hetero) is 1. The van der Waals surface area contributed by atoms with Crippen LogP contribution in [0.1, 0.15) is 38.2 Å². The molecule has 0 aliphatic rings. The van der Waals surface area contributed by atoms with Gasteiger partial charge in [0.2, 0.25) is 0 Å². The summed E-state index contributed by atoms with van der Waals surface area (Å²) < 4.78 is 0. The third-order valence-corrected chi connectivity index (χ3v) is 3.42. The van der Waals surface area contributed by atoms with Crippen LogP contribution in [0.25, 0.3) is 0 Å². The van der Waals surface area contributed by atoms with Crippen molar-refractivity contribution >= 4 is 5.78 Å². The van der Waals surface area contributed by atoms with E-state index in [0.29, 0.717) is 5.56 Å². The van der Waals surface area contributed by atoms with E-state index >= 15 is 0 Å². The lowest BCUT2D eigenvalue weighted by molar-refractivity contribution is 0.0902. The molecule has 0 aliphatic carbocycles. The van der Waals surface area contributed by atoms with Gasteiger partial charge in [0.1, 0.15) is 6.61 Å². The molecule has 1 N–H and O–H groups in total. The number of ketones is 1. The molecule has 0 atom stereocenters. The maximum Gasteiger partial charge on any atom is 0.188 e. The summed E-state index contributed by atoms with van der Waals surface area (Å²) in [6, 6.07) is 0. The molecule has 0 amide bonds. The second kappa shape index (κ2) is 4.15. The van der Waals surface area contributed by atoms with Gasteiger partial charge in [-0.25, -0.2) is 0 Å². The first kappa shape index (κ1) is 11.9. The quantitative estimate of drug-likeness (QED) is 0.754. The Morgan fingerprint density at radius 2 is 1.20 bits per heavy atom. The maximum atomic E-state index is 11.6. The Morgan fingerprint density at radius 3 is 1.53 bits per heavy atom. The molecule has 0 bridgehead atoms. The molecule has 2 heteroatoms. The number of rotatable bonds is 2. The van der Waals surface area contributed by atoms with E-state index in [1.807, 2.05) is 27.7 Å². The maximum absolute atomic E-state index is 11.6. The molecule has 0 saturated carbocycles. The Kier molecular flexibility index (Phi) is 3.30. The van der Waals surface area contributed by atoms with Crippen molar-refractivity contribution in [3.05, 3.63) is 33.4 Å². The van der Waals surface area contributed by atoms with Crippen molar-refractivity contribution in [2.75, 3.05) is 6.61 Å². The van der Waals surface area contributed by atoms with Gasteiger partial charge in [0.05, 0.1) is 0 Å². The third-order valence-electron chi connectivity index (χ3n) is 3.42. The van der Waals surface area contributed by atoms with Gasteiger partial charge in [-0.2, -0.15) is 0 Å². The minimum atomic E-state index is -0.413. The molecule has 0 radical (unpaired) electrons. The topological polar surface area (TPSA) is 37.3 Å². The predicted octanol–water partition coefficient (Wildman–Crippen LogP) is 2.40. The van der Waals surface area contributed by atoms with E-state index in [-0.39, 0.29) is 5.78 Å². The Hall–Kier alpha value is -1.15. The van der Waals surface area contributed by atoms with Gasteiger partial charge in [0.15, 0.2) is 5.78 Å². The summed E-state index contributed by atoms with van der Waals surface area (Å²) in [5, 5.41) is 8.94. The zero-order valence-electron chi connectivity index (χ0n) is 10.1. The molecular formula is C13H18O2. The van der Waals surface area contributed by atoms with Crippen molar-refractivity contribution in [2.45, 2.75) is 34.6 Å². The summed E-state index contributed by atoms with van der Waals surface area (Å²) in [7, 11) is 0. The van der Waals surface area contributed by atoms with E-state index in [1.54, 1.807) is 0 Å². The number of hydrogen-bond donors (Lipinski definition) is 1. The monoisotopic (exact) mass is 206 g/mol. The summed E-state index contributed by atoms with van der Waals surface area (Å²) >= 11 is 0. The Bertz CT molecular complexity index is 388. The predicted molar refractivity (Wildman–Crippen MR) is 61.5 cm³/mol. The van der Waals surface area contributed by atoms with Crippen molar-refractivity contribution in [1.82, 2.24) is 0 Å². The molecule has 0 heterocycles. The fourth-order valence-corrected chi connectivity index (χ4v) is 2.00. The molecule has 15 heavy (non-hydrogen) atoms. The van der Waals surface area contributed by atoms with Gasteiger partial charge >= 0.3 is 0 Å². The van der Waals surface area contributed by atoms with Crippen molar-refractivity contribution in [1.29, 1.82) is 0 Å². The average molecular weight is 206 g/mol. The average Bonchev–Trinajstić information content (AvgIpc) is 2.23. The van der Waals surface area contributed by atoms with Crippen LogP contribution in [0.2, 0.25) is 0 Å². The van der Waals surface area contributed by atoms with Crippen LogP contribution >= 0.6 is 0 Å². The van der Waals surface area contributed by atoms with E-state index < -0.39 is 6.61 Å². The van der Waals surface area contributed by atoms with E-state index in [1.165, 1.54) is 5.56 Å². The lowest BCUT2D eigenvalue weighted by Crippen LogP contribution is -2.12. The summed E-state index contributed by atoms with van der Waals surface area (Å²) in [6.45, 7) is 9.58. The van der Waals surface area contributed by atoms with Crippen molar-refractivity contribution < 1.29 is 9.90 Å². The molecule has 1 aromatic rings. The third kappa shape index (κ3) is 1.82. The van der Waals surface area contributed by atoms with Crippen molar-refractivity contribution in [3.8, 4) is 0 Å². The van der Waals surface area contributed by atoms with Gasteiger partial charge in [-0.1, -0.05) is 0 Å². The van der Waals surface area contributed by atoms with E-state index in [9.17, 15) is 4.79 Å². The van der Waals surface area contributed by atoms with Crippen LogP contribution < -0.4 is 0 Å². The van der Waals surface area contributed by atoms with Crippen LogP contribution in [-0.4, -0.2) is 17.5 Å². The van der Waals surface area contributed by atoms with Gasteiger partial charge in [0, 0.05) is 5.56 Å². The summed E-state index contributed by atoms with van der Waals surface area (Å²) in [6.07, 6.45) is 0. The standard InChI is InChI=1S/C13H18O2/c1-7-8(2)10(4)13(12(15)6-14)11(5)9(7)3/h14H,6H2,1-5H3. The van der Waals surface area contributed by atoms with Crippen LogP contribution in [0.4, 0.5) is 0 Å². The molecule has 0 spiro atoms. The lowest BCUT2D eigenvalue weighted by atomic mass is 9.88. The summed E-state index contributed by atoms with van der Waals surface area (Å²) in [5.74, 6) is -0.184. The molecular weight excluding hydrogens is 188 g/mol. The number of carbonyl (C=O) groups is 1. The van der Waals surface area contributed by atoms with Crippen LogP contribution in [0.5, 0.6) is 0 Å². The Labute approximate surface area is 90.9 Å². The second-order valence-electron chi connectivity index (χ2n) is 4.08. The SMILES string of the molecule is Cc1c(C)c(C)c(C(=O)CO)c(C)c1C. The molecule has 1 aromatic carbocycles. The Morgan fingerprint density at radius 1 is 0.867 bits per heavy atom. The molecule has 0 aliphatic heterocycles. The lowest BCUT2D eigenvalue weighted by Gasteiger charge is -2.17. The largest absolute Gasteiger partial charge is 0.388 e. The highest BCUT2D eigenvalue weighted by atomic mass is 16.3. The van der Waals surface area contributed by atoms with Crippen LogP contribution in [0.3, 0.4) is 0 Å². The molecule has 0 saturated heterocycles. The van der Waals surface area contributed by atoms with Crippen LogP contribution in [0.15, 0.2) is 0 Å². The summed E-state index contributed by atoms with van der Waals surface area (Å²) in [5.41, 5.74) is 6.21. The fourth-order valence-electron chi connectivity index (χ4n) is 2.00. The molecule has 82 valence electrons. The van der Waals surface area contributed by atoms with E-state index in [0.717, 1.165) is 22.3 Å². The van der Waals surface area contributed by atoms with Gasteiger partial charge in [0.25, 0.3) is 0 Å². The molecule has 0 fully saturated rings. The van der Waals surface area contributed by atoms with Gasteiger partial charge in [-0.05, 0) is 62.4 Å². The number of carbonyl (C=O) groups excluding carboxylic acids is 1. The van der Waals surface area contributed by atoms with Crippen LogP contribution in [0, 0.1) is 34.6 Å². The zero-order chi connectivity index (χ0) is 11.7. The normalized spacial score (nSPS) is 10.5. The van der Waals surface area contributed by atoms with Gasteiger partial charge in [-0.3, -0.25) is 4.79 Å². The first-order valence-corrected chi connectivity index (χ1v) is 5.12. The number of benzene rings is 1.